The highest BCUT2D eigenvalue weighted by Crippen LogP contribution is 2.35. The van der Waals surface area contributed by atoms with Gasteiger partial charge in [-0.1, -0.05) is 29.3 Å². The Morgan fingerprint density at radius 3 is 2.29 bits per heavy atom. The van der Waals surface area contributed by atoms with E-state index in [9.17, 15) is 22.8 Å². The van der Waals surface area contributed by atoms with Crippen LogP contribution in [0.4, 0.5) is 18.9 Å². The van der Waals surface area contributed by atoms with E-state index in [0.29, 0.717) is 10.7 Å². The molecule has 3 rings (SSSR count). The van der Waals surface area contributed by atoms with Gasteiger partial charge in [0, 0.05) is 5.02 Å². The molecule has 144 valence electrons. The third-order valence-electron chi connectivity index (χ3n) is 3.79. The standard InChI is InChI=1S/C18H9Cl2F3N2O2S/c19-10-2-4-11(5-3-10)25-16(27)12(15(26)24-17(25)28)7-9-1-6-14(20)13(8-9)18(21,22)23/h1-8H,(H,24,26,28). The number of hydrogen-bond acceptors (Lipinski definition) is 3. The molecule has 0 aliphatic carbocycles. The first-order chi connectivity index (χ1) is 13.1. The van der Waals surface area contributed by atoms with Crippen LogP contribution >= 0.6 is 35.4 Å². The lowest BCUT2D eigenvalue weighted by Gasteiger charge is -2.29. The SMILES string of the molecule is O=C1NC(=S)N(c2ccc(Cl)cc2)C(=O)C1=Cc1ccc(Cl)c(C(F)(F)F)c1. The van der Waals surface area contributed by atoms with Gasteiger partial charge in [-0.05, 0) is 60.3 Å². The van der Waals surface area contributed by atoms with E-state index >= 15 is 0 Å². The number of halogens is 5. The van der Waals surface area contributed by atoms with E-state index in [1.807, 2.05) is 0 Å². The maximum atomic E-state index is 13.0. The van der Waals surface area contributed by atoms with E-state index in [4.69, 9.17) is 35.4 Å². The van der Waals surface area contributed by atoms with Gasteiger partial charge in [0.05, 0.1) is 16.3 Å². The number of rotatable bonds is 2. The van der Waals surface area contributed by atoms with Crippen LogP contribution in [0, 0.1) is 0 Å². The molecule has 0 aromatic heterocycles. The van der Waals surface area contributed by atoms with Crippen LogP contribution in [0.15, 0.2) is 48.0 Å². The lowest BCUT2D eigenvalue weighted by Crippen LogP contribution is -2.54. The van der Waals surface area contributed by atoms with Gasteiger partial charge in [-0.2, -0.15) is 13.2 Å². The van der Waals surface area contributed by atoms with Crippen molar-refractivity contribution in [2.75, 3.05) is 4.90 Å². The Morgan fingerprint density at radius 1 is 1.04 bits per heavy atom. The van der Waals surface area contributed by atoms with Gasteiger partial charge in [-0.25, -0.2) is 0 Å². The number of amides is 2. The molecule has 0 radical (unpaired) electrons. The molecule has 2 aromatic rings. The fourth-order valence-electron chi connectivity index (χ4n) is 2.50. The minimum Gasteiger partial charge on any atom is -0.298 e. The van der Waals surface area contributed by atoms with E-state index in [2.05, 4.69) is 5.32 Å². The third kappa shape index (κ3) is 4.04. The summed E-state index contributed by atoms with van der Waals surface area (Å²) in [6.45, 7) is 0. The lowest BCUT2D eigenvalue weighted by atomic mass is 10.0. The van der Waals surface area contributed by atoms with Gasteiger partial charge in [0.15, 0.2) is 5.11 Å². The number of alkyl halides is 3. The molecular weight excluding hydrogens is 436 g/mol. The Balaban J connectivity index is 2.03. The van der Waals surface area contributed by atoms with Gasteiger partial charge >= 0.3 is 6.18 Å². The summed E-state index contributed by atoms with van der Waals surface area (Å²) < 4.78 is 39.1. The smallest absolute Gasteiger partial charge is 0.298 e. The maximum absolute atomic E-state index is 13.0. The van der Waals surface area contributed by atoms with Crippen LogP contribution in [-0.2, 0) is 15.8 Å². The van der Waals surface area contributed by atoms with Crippen molar-refractivity contribution in [1.29, 1.82) is 0 Å². The minimum absolute atomic E-state index is 0.0147. The zero-order chi connectivity index (χ0) is 20.6. The predicted octanol–water partition coefficient (Wildman–Crippen LogP) is 4.84. The molecule has 0 saturated carbocycles. The molecule has 2 amide bonds. The van der Waals surface area contributed by atoms with E-state index in [-0.39, 0.29) is 16.2 Å². The van der Waals surface area contributed by atoms with Crippen LogP contribution in [0.3, 0.4) is 0 Å². The van der Waals surface area contributed by atoms with Crippen molar-refractivity contribution in [2.24, 2.45) is 0 Å². The second-order valence-corrected chi connectivity index (χ2v) is 6.90. The highest BCUT2D eigenvalue weighted by Gasteiger charge is 2.36. The largest absolute Gasteiger partial charge is 0.417 e. The van der Waals surface area contributed by atoms with Crippen LogP contribution in [0.25, 0.3) is 6.08 Å². The highest BCUT2D eigenvalue weighted by molar-refractivity contribution is 7.80. The molecule has 1 aliphatic rings. The van der Waals surface area contributed by atoms with Gasteiger partial charge in [0.2, 0.25) is 0 Å². The number of nitrogens with zero attached hydrogens (tertiary/aromatic N) is 1. The van der Waals surface area contributed by atoms with Gasteiger partial charge < -0.3 is 0 Å². The average molecular weight is 445 g/mol. The number of nitrogens with one attached hydrogen (secondary N) is 1. The van der Waals surface area contributed by atoms with Crippen molar-refractivity contribution in [3.63, 3.8) is 0 Å². The zero-order valence-electron chi connectivity index (χ0n) is 13.7. The van der Waals surface area contributed by atoms with E-state index < -0.39 is 28.6 Å². The first kappa shape index (κ1) is 20.3. The summed E-state index contributed by atoms with van der Waals surface area (Å²) in [7, 11) is 0. The topological polar surface area (TPSA) is 49.4 Å². The van der Waals surface area contributed by atoms with Crippen molar-refractivity contribution in [3.8, 4) is 0 Å². The molecule has 1 N–H and O–H groups in total. The Hall–Kier alpha value is -2.42. The number of thiocarbonyl (C=S) groups is 1. The van der Waals surface area contributed by atoms with Crippen LogP contribution < -0.4 is 10.2 Å². The van der Waals surface area contributed by atoms with Gasteiger partial charge in [-0.3, -0.25) is 19.8 Å². The molecule has 1 fully saturated rings. The molecule has 1 aliphatic heterocycles. The lowest BCUT2D eigenvalue weighted by molar-refractivity contribution is -0.137. The monoisotopic (exact) mass is 444 g/mol. The van der Waals surface area contributed by atoms with Crippen molar-refractivity contribution in [1.82, 2.24) is 5.32 Å². The van der Waals surface area contributed by atoms with E-state index in [1.165, 1.54) is 30.3 Å². The normalized spacial score (nSPS) is 16.5. The second-order valence-electron chi connectivity index (χ2n) is 5.67. The molecule has 0 spiro atoms. The van der Waals surface area contributed by atoms with Gasteiger partial charge in [0.1, 0.15) is 5.57 Å². The van der Waals surface area contributed by atoms with Gasteiger partial charge in [0.25, 0.3) is 11.8 Å². The summed E-state index contributed by atoms with van der Waals surface area (Å²) in [5.74, 6) is -1.59. The van der Waals surface area contributed by atoms with Crippen LogP contribution in [0.5, 0.6) is 0 Å². The quantitative estimate of drug-likeness (QED) is 0.409. The Labute approximate surface area is 172 Å². The molecule has 4 nitrogen and oxygen atoms in total. The summed E-state index contributed by atoms with van der Waals surface area (Å²) in [5.41, 5.74) is -1.12. The highest BCUT2D eigenvalue weighted by atomic mass is 35.5. The summed E-state index contributed by atoms with van der Waals surface area (Å²) >= 11 is 16.5. The molecule has 10 heteroatoms. The first-order valence-electron chi connectivity index (χ1n) is 7.61. The third-order valence-corrected chi connectivity index (χ3v) is 4.66. The zero-order valence-corrected chi connectivity index (χ0v) is 16.0. The van der Waals surface area contributed by atoms with Crippen molar-refractivity contribution in [2.45, 2.75) is 6.18 Å². The molecular formula is C18H9Cl2F3N2O2S. The molecule has 0 unspecified atom stereocenters. The predicted molar refractivity (Wildman–Crippen MR) is 104 cm³/mol. The summed E-state index contributed by atoms with van der Waals surface area (Å²) in [6, 6.07) is 9.17. The Kier molecular flexibility index (Phi) is 5.47. The first-order valence-corrected chi connectivity index (χ1v) is 8.78. The van der Waals surface area contributed by atoms with Crippen LogP contribution in [-0.4, -0.2) is 16.9 Å². The molecule has 0 bridgehead atoms. The van der Waals surface area contributed by atoms with Crippen molar-refractivity contribution >= 4 is 64.1 Å². The Bertz CT molecular complexity index is 1020. The number of carbonyl (C=O) groups is 2. The molecule has 2 aromatic carbocycles. The fraction of sp³-hybridized carbons (Fsp3) is 0.0556. The van der Waals surface area contributed by atoms with Crippen LogP contribution in [0.2, 0.25) is 10.0 Å². The fourth-order valence-corrected chi connectivity index (χ4v) is 3.13. The number of hydrogen-bond donors (Lipinski definition) is 1. The van der Waals surface area contributed by atoms with Crippen molar-refractivity contribution in [3.05, 3.63) is 69.2 Å². The van der Waals surface area contributed by atoms with Gasteiger partial charge in [-0.15, -0.1) is 0 Å². The summed E-state index contributed by atoms with van der Waals surface area (Å²) in [6.07, 6.45) is -3.63. The summed E-state index contributed by atoms with van der Waals surface area (Å²) in [4.78, 5) is 26.1. The second kappa shape index (κ2) is 7.54. The molecule has 0 atom stereocenters. The molecule has 1 saturated heterocycles. The van der Waals surface area contributed by atoms with E-state index in [0.717, 1.165) is 23.1 Å². The van der Waals surface area contributed by atoms with E-state index in [1.54, 1.807) is 0 Å². The number of benzene rings is 2. The summed E-state index contributed by atoms with van der Waals surface area (Å²) in [5, 5.41) is 2.14. The Morgan fingerprint density at radius 2 is 1.68 bits per heavy atom. The van der Waals surface area contributed by atoms with Crippen LogP contribution in [0.1, 0.15) is 11.1 Å². The average Bonchev–Trinajstić information content (AvgIpc) is 2.60. The maximum Gasteiger partial charge on any atom is 0.417 e. The molecule has 28 heavy (non-hydrogen) atoms. The minimum atomic E-state index is -4.68. The molecule has 1 heterocycles. The van der Waals surface area contributed by atoms with Crippen molar-refractivity contribution < 1.29 is 22.8 Å². The number of carbonyl (C=O) groups excluding carboxylic acids is 2. The number of anilines is 1.